The average Bonchev–Trinajstić information content (AvgIpc) is 3.04. The van der Waals surface area contributed by atoms with Gasteiger partial charge in [0.15, 0.2) is 0 Å². The van der Waals surface area contributed by atoms with Crippen molar-refractivity contribution >= 4 is 23.4 Å². The highest BCUT2D eigenvalue weighted by Gasteiger charge is 2.16. The van der Waals surface area contributed by atoms with Crippen LogP contribution in [0.4, 0.5) is 0 Å². The Morgan fingerprint density at radius 2 is 1.81 bits per heavy atom. The molecule has 0 spiro atoms. The summed E-state index contributed by atoms with van der Waals surface area (Å²) in [6, 6.07) is 9.43. The first-order chi connectivity index (χ1) is 12.3. The summed E-state index contributed by atoms with van der Waals surface area (Å²) in [5.41, 5.74) is 8.62. The van der Waals surface area contributed by atoms with E-state index in [2.05, 4.69) is 10.3 Å². The van der Waals surface area contributed by atoms with E-state index < -0.39 is 17.9 Å². The molecule has 0 radical (unpaired) electrons. The number of nitrogens with zero attached hydrogens (tertiary/aromatic N) is 2. The molecule has 3 rings (SSSR count). The molecule has 8 nitrogen and oxygen atoms in total. The second-order valence-electron chi connectivity index (χ2n) is 5.83. The van der Waals surface area contributed by atoms with E-state index in [0.717, 1.165) is 5.56 Å². The highest BCUT2D eigenvalue weighted by atomic mass is 16.4. The highest BCUT2D eigenvalue weighted by Crippen LogP contribution is 2.20. The summed E-state index contributed by atoms with van der Waals surface area (Å²) in [6.07, 6.45) is 3.37. The van der Waals surface area contributed by atoms with Gasteiger partial charge in [-0.1, -0.05) is 24.3 Å². The molecule has 0 saturated carbocycles. The van der Waals surface area contributed by atoms with Gasteiger partial charge in [0, 0.05) is 23.5 Å². The Labute approximate surface area is 148 Å². The summed E-state index contributed by atoms with van der Waals surface area (Å²) in [6.45, 7) is 1.40. The largest absolute Gasteiger partial charge is 0.480 e. The van der Waals surface area contributed by atoms with E-state index in [1.54, 1.807) is 41.1 Å². The fourth-order valence-electron chi connectivity index (χ4n) is 2.43. The molecule has 5 N–H and O–H groups in total. The molecular formula is C18H17N5O3. The number of aliphatic carboxylic acids is 1. The summed E-state index contributed by atoms with van der Waals surface area (Å²) in [5.74, 6) is -1.57. The molecule has 2 heterocycles. The summed E-state index contributed by atoms with van der Waals surface area (Å²) in [7, 11) is 0. The predicted octanol–water partition coefficient (Wildman–Crippen LogP) is 1.49. The van der Waals surface area contributed by atoms with Crippen LogP contribution in [-0.4, -0.2) is 38.2 Å². The zero-order valence-corrected chi connectivity index (χ0v) is 13.9. The van der Waals surface area contributed by atoms with Crippen molar-refractivity contribution in [3.8, 4) is 11.3 Å². The number of aromatic nitrogens is 2. The van der Waals surface area contributed by atoms with E-state index in [1.807, 2.05) is 12.1 Å². The van der Waals surface area contributed by atoms with Crippen molar-refractivity contribution in [3.63, 3.8) is 0 Å². The number of amides is 1. The molecule has 0 saturated heterocycles. The molecule has 1 aromatic carbocycles. The van der Waals surface area contributed by atoms with E-state index in [1.165, 1.54) is 6.92 Å². The van der Waals surface area contributed by atoms with Gasteiger partial charge < -0.3 is 20.6 Å². The van der Waals surface area contributed by atoms with Crippen LogP contribution < -0.4 is 11.1 Å². The minimum Gasteiger partial charge on any atom is -0.480 e. The van der Waals surface area contributed by atoms with Gasteiger partial charge in [-0.2, -0.15) is 0 Å². The second kappa shape index (κ2) is 6.67. The van der Waals surface area contributed by atoms with Gasteiger partial charge in [0.2, 0.25) is 0 Å². The van der Waals surface area contributed by atoms with Crippen LogP contribution >= 0.6 is 0 Å². The molecule has 1 amide bonds. The lowest BCUT2D eigenvalue weighted by Gasteiger charge is -2.09. The van der Waals surface area contributed by atoms with Gasteiger partial charge in [0.1, 0.15) is 17.5 Å². The van der Waals surface area contributed by atoms with Crippen molar-refractivity contribution in [2.24, 2.45) is 5.73 Å². The molecule has 1 unspecified atom stereocenters. The molecule has 0 aliphatic heterocycles. The summed E-state index contributed by atoms with van der Waals surface area (Å²) >= 11 is 0. The van der Waals surface area contributed by atoms with Crippen LogP contribution in [0.15, 0.2) is 48.8 Å². The second-order valence-corrected chi connectivity index (χ2v) is 5.83. The predicted molar refractivity (Wildman–Crippen MR) is 96.2 cm³/mol. The number of fused-ring (bicyclic) bond motifs is 1. The number of imidazole rings is 1. The Balaban J connectivity index is 1.88. The summed E-state index contributed by atoms with van der Waals surface area (Å²) in [4.78, 5) is 27.5. The Morgan fingerprint density at radius 1 is 1.15 bits per heavy atom. The van der Waals surface area contributed by atoms with Crippen molar-refractivity contribution in [1.82, 2.24) is 14.7 Å². The molecule has 1 atom stereocenters. The Morgan fingerprint density at radius 3 is 2.42 bits per heavy atom. The lowest BCUT2D eigenvalue weighted by molar-refractivity contribution is -0.138. The van der Waals surface area contributed by atoms with Gasteiger partial charge in [-0.3, -0.25) is 15.0 Å². The molecule has 0 fully saturated rings. The van der Waals surface area contributed by atoms with Crippen LogP contribution in [0.1, 0.15) is 22.8 Å². The molecular weight excluding hydrogens is 334 g/mol. The molecule has 132 valence electrons. The summed E-state index contributed by atoms with van der Waals surface area (Å²) < 4.78 is 1.70. The van der Waals surface area contributed by atoms with Gasteiger partial charge in [0.05, 0.1) is 11.3 Å². The SMILES string of the molecule is CC(NC(=O)c1ccc2nc(-c3ccc(C(=N)N)cc3)cn2c1)C(=O)O. The van der Waals surface area contributed by atoms with Crippen molar-refractivity contribution in [2.75, 3.05) is 0 Å². The Hall–Kier alpha value is -3.68. The molecule has 8 heteroatoms. The van der Waals surface area contributed by atoms with Crippen LogP contribution in [-0.2, 0) is 4.79 Å². The van der Waals surface area contributed by atoms with E-state index in [4.69, 9.17) is 16.2 Å². The van der Waals surface area contributed by atoms with Crippen LogP contribution in [0.5, 0.6) is 0 Å². The maximum atomic E-state index is 12.1. The lowest BCUT2D eigenvalue weighted by Crippen LogP contribution is -2.38. The first kappa shape index (κ1) is 17.2. The van der Waals surface area contributed by atoms with E-state index in [0.29, 0.717) is 22.5 Å². The summed E-state index contributed by atoms with van der Waals surface area (Å²) in [5, 5.41) is 18.7. The molecule has 2 aromatic heterocycles. The third kappa shape index (κ3) is 3.39. The molecule has 26 heavy (non-hydrogen) atoms. The van der Waals surface area contributed by atoms with Crippen LogP contribution in [0.2, 0.25) is 0 Å². The minimum atomic E-state index is -1.10. The molecule has 0 bridgehead atoms. The van der Waals surface area contributed by atoms with Crippen LogP contribution in [0.3, 0.4) is 0 Å². The number of carboxylic acids is 1. The number of pyridine rings is 1. The number of carboxylic acid groups (broad SMARTS) is 1. The van der Waals surface area contributed by atoms with Crippen LogP contribution in [0.25, 0.3) is 16.9 Å². The van der Waals surface area contributed by atoms with E-state index >= 15 is 0 Å². The number of hydrogen-bond acceptors (Lipinski definition) is 4. The van der Waals surface area contributed by atoms with E-state index in [9.17, 15) is 9.59 Å². The number of carbonyl (C=O) groups excluding carboxylic acids is 1. The lowest BCUT2D eigenvalue weighted by atomic mass is 10.1. The first-order valence-electron chi connectivity index (χ1n) is 7.82. The number of rotatable bonds is 5. The quantitative estimate of drug-likeness (QED) is 0.408. The van der Waals surface area contributed by atoms with Gasteiger partial charge >= 0.3 is 5.97 Å². The molecule has 3 aromatic rings. The topological polar surface area (TPSA) is 134 Å². The van der Waals surface area contributed by atoms with Crippen molar-refractivity contribution in [3.05, 3.63) is 59.9 Å². The highest BCUT2D eigenvalue weighted by molar-refractivity contribution is 5.96. The monoisotopic (exact) mass is 351 g/mol. The van der Waals surface area contributed by atoms with E-state index in [-0.39, 0.29) is 5.84 Å². The van der Waals surface area contributed by atoms with Crippen LogP contribution in [0, 0.1) is 5.41 Å². The van der Waals surface area contributed by atoms with Gasteiger partial charge in [-0.15, -0.1) is 0 Å². The van der Waals surface area contributed by atoms with Crippen molar-refractivity contribution in [2.45, 2.75) is 13.0 Å². The zero-order valence-electron chi connectivity index (χ0n) is 13.9. The fourth-order valence-corrected chi connectivity index (χ4v) is 2.43. The first-order valence-corrected chi connectivity index (χ1v) is 7.82. The normalized spacial score (nSPS) is 11.9. The Kier molecular flexibility index (Phi) is 4.40. The van der Waals surface area contributed by atoms with Crippen molar-refractivity contribution in [1.29, 1.82) is 5.41 Å². The number of amidine groups is 1. The van der Waals surface area contributed by atoms with Gasteiger partial charge in [0.25, 0.3) is 5.91 Å². The molecule has 0 aliphatic carbocycles. The zero-order chi connectivity index (χ0) is 18.8. The number of nitrogen functional groups attached to an aromatic ring is 1. The number of carbonyl (C=O) groups is 2. The van der Waals surface area contributed by atoms with Gasteiger partial charge in [-0.25, -0.2) is 4.98 Å². The number of benzene rings is 1. The fraction of sp³-hybridized carbons (Fsp3) is 0.111. The minimum absolute atomic E-state index is 0.00204. The number of nitrogens with two attached hydrogens (primary N) is 1. The number of hydrogen-bond donors (Lipinski definition) is 4. The Bertz CT molecular complexity index is 1010. The van der Waals surface area contributed by atoms with Gasteiger partial charge in [-0.05, 0) is 19.1 Å². The average molecular weight is 351 g/mol. The third-order valence-corrected chi connectivity index (χ3v) is 3.92. The maximum Gasteiger partial charge on any atom is 0.325 e. The molecule has 0 aliphatic rings. The third-order valence-electron chi connectivity index (χ3n) is 3.92. The smallest absolute Gasteiger partial charge is 0.325 e. The standard InChI is InChI=1S/C18H17N5O3/c1-10(18(25)26)21-17(24)13-6-7-15-22-14(9-23(15)8-13)11-2-4-12(5-3-11)16(19)20/h2-10H,1H3,(H3,19,20)(H,21,24)(H,25,26). The maximum absolute atomic E-state index is 12.1. The number of nitrogens with one attached hydrogen (secondary N) is 2. The van der Waals surface area contributed by atoms with Crippen molar-refractivity contribution < 1.29 is 14.7 Å².